The molecule has 264 valence electrons. The van der Waals surface area contributed by atoms with Crippen molar-refractivity contribution >= 4 is 51.7 Å². The van der Waals surface area contributed by atoms with E-state index in [9.17, 15) is 4.89 Å². The Hall–Kier alpha value is -5.86. The molecule has 0 radical (unpaired) electrons. The second-order valence-corrected chi connectivity index (χ2v) is 15.7. The Morgan fingerprint density at radius 3 is 1.11 bits per heavy atom. The highest BCUT2D eigenvalue weighted by Gasteiger charge is 2.20. The summed E-state index contributed by atoms with van der Waals surface area (Å²) in [4.78, 5) is 11.6. The molecule has 0 spiro atoms. The van der Waals surface area contributed by atoms with E-state index < -0.39 is 8.24 Å². The minimum Gasteiger partial charge on any atom is -0.398 e. The minimum absolute atomic E-state index is 0.625. The van der Waals surface area contributed by atoms with Gasteiger partial charge in [-0.2, -0.15) is 0 Å². The molecule has 0 aliphatic rings. The van der Waals surface area contributed by atoms with Gasteiger partial charge in [0.15, 0.2) is 11.2 Å². The number of rotatable bonds is 4. The molecule has 1 heterocycles. The molecule has 0 atom stereocenters. The van der Waals surface area contributed by atoms with Crippen LogP contribution in [0.15, 0.2) is 142 Å². The summed E-state index contributed by atoms with van der Waals surface area (Å²) in [5.41, 5.74) is 17.6. The van der Waals surface area contributed by atoms with Crippen molar-refractivity contribution in [3.63, 3.8) is 0 Å². The Bertz CT molecular complexity index is 2740. The van der Waals surface area contributed by atoms with Crippen LogP contribution in [-0.2, 0) is 0 Å². The lowest BCUT2D eigenvalue weighted by atomic mass is 9.89. The SMILES string of the molecule is Cc1cc(C)c(-c2ccc(-c3cc4ccccc4c4c3op(O)oc3c(-c5ccc(-c6c(C)cc(C)cc6C)cc5)cc5ccccc5c34)cc2)c(C)c1. The molecule has 4 heteroatoms. The molecular weight excluding hydrogens is 680 g/mol. The van der Waals surface area contributed by atoms with Gasteiger partial charge in [-0.05, 0) is 131 Å². The summed E-state index contributed by atoms with van der Waals surface area (Å²) >= 11 is 0. The molecule has 9 rings (SSSR count). The Morgan fingerprint density at radius 1 is 0.407 bits per heavy atom. The summed E-state index contributed by atoms with van der Waals surface area (Å²) in [5.74, 6) is 0. The third kappa shape index (κ3) is 5.73. The topological polar surface area (TPSA) is 46.5 Å². The summed E-state index contributed by atoms with van der Waals surface area (Å²) in [5, 5.41) is 6.09. The second-order valence-electron chi connectivity index (χ2n) is 14.8. The van der Waals surface area contributed by atoms with Gasteiger partial charge in [0, 0.05) is 21.9 Å². The number of hydrogen-bond acceptors (Lipinski definition) is 3. The molecule has 54 heavy (non-hydrogen) atoms. The van der Waals surface area contributed by atoms with E-state index in [-0.39, 0.29) is 0 Å². The van der Waals surface area contributed by atoms with E-state index in [1.807, 2.05) is 0 Å². The fourth-order valence-corrected chi connectivity index (χ4v) is 9.58. The second kappa shape index (κ2) is 13.2. The van der Waals surface area contributed by atoms with E-state index in [4.69, 9.17) is 8.39 Å². The summed E-state index contributed by atoms with van der Waals surface area (Å²) in [6.45, 7) is 13.0. The molecule has 1 N–H and O–H groups in total. The van der Waals surface area contributed by atoms with Crippen LogP contribution in [0.5, 0.6) is 0 Å². The average Bonchev–Trinajstić information content (AvgIpc) is 3.30. The fourth-order valence-electron chi connectivity index (χ4n) is 8.85. The van der Waals surface area contributed by atoms with E-state index in [1.165, 1.54) is 55.6 Å². The molecule has 3 nitrogen and oxygen atoms in total. The van der Waals surface area contributed by atoms with Crippen molar-refractivity contribution in [1.29, 1.82) is 0 Å². The third-order valence-corrected chi connectivity index (χ3v) is 11.6. The van der Waals surface area contributed by atoms with Crippen LogP contribution in [0.4, 0.5) is 0 Å². The number of benzene rings is 8. The lowest BCUT2D eigenvalue weighted by molar-refractivity contribution is 0.496. The Morgan fingerprint density at radius 2 is 0.741 bits per heavy atom. The largest absolute Gasteiger partial charge is 0.398 e. The smallest absolute Gasteiger partial charge is 0.384 e. The minimum atomic E-state index is -2.32. The van der Waals surface area contributed by atoms with Gasteiger partial charge < -0.3 is 8.39 Å². The number of aryl methyl sites for hydroxylation is 6. The highest BCUT2D eigenvalue weighted by Crippen LogP contribution is 2.47. The van der Waals surface area contributed by atoms with Gasteiger partial charge in [0.05, 0.1) is 0 Å². The highest BCUT2D eigenvalue weighted by molar-refractivity contribution is 7.30. The van der Waals surface area contributed by atoms with Gasteiger partial charge in [0.2, 0.25) is 0 Å². The van der Waals surface area contributed by atoms with Crippen LogP contribution < -0.4 is 0 Å². The van der Waals surface area contributed by atoms with Gasteiger partial charge in [-0.15, -0.1) is 0 Å². The van der Waals surface area contributed by atoms with Crippen LogP contribution in [0, 0.1) is 41.5 Å². The molecule has 0 unspecified atom stereocenters. The zero-order chi connectivity index (χ0) is 37.2. The van der Waals surface area contributed by atoms with Crippen LogP contribution >= 0.6 is 8.24 Å². The van der Waals surface area contributed by atoms with Gasteiger partial charge in [0.1, 0.15) is 0 Å². The lowest BCUT2D eigenvalue weighted by Crippen LogP contribution is -1.91. The van der Waals surface area contributed by atoms with E-state index in [1.54, 1.807) is 0 Å². The zero-order valence-corrected chi connectivity index (χ0v) is 32.3. The summed E-state index contributed by atoms with van der Waals surface area (Å²) in [6.07, 6.45) is 0. The maximum absolute atomic E-state index is 11.6. The highest BCUT2D eigenvalue weighted by atomic mass is 31.1. The van der Waals surface area contributed by atoms with E-state index >= 15 is 0 Å². The van der Waals surface area contributed by atoms with Crippen molar-refractivity contribution in [3.05, 3.63) is 167 Å². The van der Waals surface area contributed by atoms with E-state index in [0.717, 1.165) is 54.6 Å². The predicted molar refractivity (Wildman–Crippen MR) is 229 cm³/mol. The third-order valence-electron chi connectivity index (χ3n) is 10.9. The molecule has 0 bridgehead atoms. The Kier molecular flexibility index (Phi) is 8.31. The molecule has 0 saturated carbocycles. The molecule has 8 aromatic carbocycles. The van der Waals surface area contributed by atoms with Crippen molar-refractivity contribution in [2.75, 3.05) is 0 Å². The van der Waals surface area contributed by atoms with Gasteiger partial charge in [0.25, 0.3) is 0 Å². The molecule has 0 fully saturated rings. The van der Waals surface area contributed by atoms with Crippen LogP contribution in [0.25, 0.3) is 88.0 Å². The Labute approximate surface area is 316 Å². The lowest BCUT2D eigenvalue weighted by Gasteiger charge is -2.14. The van der Waals surface area contributed by atoms with Crippen molar-refractivity contribution in [3.8, 4) is 44.5 Å². The molecule has 0 aliphatic carbocycles. The van der Waals surface area contributed by atoms with Crippen molar-refractivity contribution in [2.45, 2.75) is 41.5 Å². The quantitative estimate of drug-likeness (QED) is 0.197. The summed E-state index contributed by atoms with van der Waals surface area (Å²) in [6, 6.07) is 47.7. The normalized spacial score (nSPS) is 11.6. The summed E-state index contributed by atoms with van der Waals surface area (Å²) < 4.78 is 13.1. The Balaban J connectivity index is 1.32. The van der Waals surface area contributed by atoms with Gasteiger partial charge in [-0.25, -0.2) is 0 Å². The van der Waals surface area contributed by atoms with Crippen LogP contribution in [0.2, 0.25) is 0 Å². The van der Waals surface area contributed by atoms with Crippen LogP contribution in [0.1, 0.15) is 33.4 Å². The zero-order valence-electron chi connectivity index (χ0n) is 31.4. The van der Waals surface area contributed by atoms with Crippen LogP contribution in [0.3, 0.4) is 0 Å². The number of fused-ring (bicyclic) bond motifs is 7. The van der Waals surface area contributed by atoms with Crippen molar-refractivity contribution in [1.82, 2.24) is 0 Å². The maximum atomic E-state index is 11.6. The fraction of sp³-hybridized carbons (Fsp3) is 0.120. The standard InChI is InChI=1S/C50H41O3P/c1-29-23-31(3)45(32(4)24-29)37-19-15-35(16-20-37)43-27-39-11-7-9-13-41(39)47-48-42-14-10-8-12-40(42)28-44(50(48)53-54(51)52-49(43)47)36-17-21-38(22-18-36)46-33(5)25-30(2)26-34(46)6/h7-28,51H,1-6H3. The maximum Gasteiger partial charge on any atom is 0.384 e. The van der Waals surface area contributed by atoms with Crippen LogP contribution in [-0.4, -0.2) is 4.89 Å². The van der Waals surface area contributed by atoms with E-state index in [2.05, 4.69) is 175 Å². The van der Waals surface area contributed by atoms with Gasteiger partial charge in [-0.3, -0.25) is 4.89 Å². The number of hydrogen-bond donors (Lipinski definition) is 1. The first-order valence-electron chi connectivity index (χ1n) is 18.5. The molecular formula is C50H41O3P. The molecule has 0 saturated heterocycles. The molecule has 0 amide bonds. The summed E-state index contributed by atoms with van der Waals surface area (Å²) in [7, 11) is -2.32. The average molecular weight is 721 g/mol. The first-order chi connectivity index (χ1) is 26.1. The van der Waals surface area contributed by atoms with Gasteiger partial charge >= 0.3 is 8.24 Å². The molecule has 9 aromatic rings. The monoisotopic (exact) mass is 720 g/mol. The first kappa shape index (κ1) is 33.9. The van der Waals surface area contributed by atoms with Crippen molar-refractivity contribution < 1.29 is 13.3 Å². The van der Waals surface area contributed by atoms with Crippen molar-refractivity contribution in [2.24, 2.45) is 0 Å². The predicted octanol–water partition coefficient (Wildman–Crippen LogP) is 14.9. The van der Waals surface area contributed by atoms with Gasteiger partial charge in [-0.1, -0.05) is 132 Å². The van der Waals surface area contributed by atoms with E-state index in [0.29, 0.717) is 11.2 Å². The molecule has 1 aromatic heterocycles. The molecule has 0 aliphatic heterocycles. The first-order valence-corrected chi connectivity index (χ1v) is 19.6.